The fourth-order valence-electron chi connectivity index (χ4n) is 2.12. The van der Waals surface area contributed by atoms with Crippen molar-refractivity contribution >= 4 is 33.4 Å². The number of amides is 2. The summed E-state index contributed by atoms with van der Waals surface area (Å²) in [6.45, 7) is 0.861. The number of carbonyl (C=O) groups excluding carboxylic acids is 2. The highest BCUT2D eigenvalue weighted by molar-refractivity contribution is 9.10. The number of nitrogens with one attached hydrogen (secondary N) is 2. The predicted octanol–water partition coefficient (Wildman–Crippen LogP) is 3.09. The summed E-state index contributed by atoms with van der Waals surface area (Å²) < 4.78 is 10.7. The molecule has 0 spiro atoms. The molecule has 132 valence electrons. The molecule has 2 aromatic rings. The molecule has 0 aliphatic rings. The first-order chi connectivity index (χ1) is 12.0. The molecule has 0 atom stereocenters. The van der Waals surface area contributed by atoms with Crippen molar-refractivity contribution in [1.29, 1.82) is 0 Å². The quantitative estimate of drug-likeness (QED) is 0.692. The largest absolute Gasteiger partial charge is 0.496 e. The molecular formula is C18H19BrN2O4. The van der Waals surface area contributed by atoms with Crippen LogP contribution in [0, 0.1) is 0 Å². The van der Waals surface area contributed by atoms with Gasteiger partial charge in [0.15, 0.2) is 0 Å². The first kappa shape index (κ1) is 19.0. The summed E-state index contributed by atoms with van der Waals surface area (Å²) in [5.41, 5.74) is 1.48. The van der Waals surface area contributed by atoms with Gasteiger partial charge in [-0.25, -0.2) is 0 Å². The van der Waals surface area contributed by atoms with Gasteiger partial charge in [0.25, 0.3) is 11.8 Å². The molecule has 0 aromatic heterocycles. The number of rotatable bonds is 7. The molecule has 0 aliphatic heterocycles. The molecule has 0 heterocycles. The van der Waals surface area contributed by atoms with Crippen LogP contribution in [0.25, 0.3) is 0 Å². The Balaban J connectivity index is 2.07. The molecular weight excluding hydrogens is 388 g/mol. The molecule has 0 bridgehead atoms. The van der Waals surface area contributed by atoms with Gasteiger partial charge in [-0.3, -0.25) is 9.59 Å². The number of halogens is 1. The zero-order valence-corrected chi connectivity index (χ0v) is 15.6. The minimum absolute atomic E-state index is 0.222. The van der Waals surface area contributed by atoms with Crippen molar-refractivity contribution in [3.05, 3.63) is 58.1 Å². The average Bonchev–Trinajstić information content (AvgIpc) is 2.62. The van der Waals surface area contributed by atoms with Crippen LogP contribution in [0.3, 0.4) is 0 Å². The van der Waals surface area contributed by atoms with Crippen molar-refractivity contribution in [2.45, 2.75) is 0 Å². The molecule has 2 rings (SSSR count). The molecule has 0 saturated heterocycles. The maximum atomic E-state index is 12.4. The van der Waals surface area contributed by atoms with Crippen LogP contribution in [-0.4, -0.2) is 39.2 Å². The lowest BCUT2D eigenvalue weighted by atomic mass is 10.1. The maximum absolute atomic E-state index is 12.4. The van der Waals surface area contributed by atoms with Gasteiger partial charge in [0.2, 0.25) is 0 Å². The molecule has 25 heavy (non-hydrogen) atoms. The van der Waals surface area contributed by atoms with Crippen LogP contribution in [0.1, 0.15) is 20.7 Å². The van der Waals surface area contributed by atoms with E-state index in [9.17, 15) is 9.59 Å². The molecule has 0 radical (unpaired) electrons. The number of hydrogen-bond donors (Lipinski definition) is 2. The van der Waals surface area contributed by atoms with Gasteiger partial charge >= 0.3 is 0 Å². The highest BCUT2D eigenvalue weighted by Gasteiger charge is 2.11. The SMILES string of the molecule is COCCNC(=O)c1cccc(NC(=O)c2ccc(OC)c(Br)c2)c1. The van der Waals surface area contributed by atoms with Gasteiger partial charge < -0.3 is 20.1 Å². The van der Waals surface area contributed by atoms with Crippen molar-refractivity contribution in [1.82, 2.24) is 5.32 Å². The van der Waals surface area contributed by atoms with Gasteiger partial charge in [0, 0.05) is 30.5 Å². The molecule has 7 heteroatoms. The number of methoxy groups -OCH3 is 2. The van der Waals surface area contributed by atoms with Crippen molar-refractivity contribution < 1.29 is 19.1 Å². The molecule has 0 aliphatic carbocycles. The summed E-state index contributed by atoms with van der Waals surface area (Å²) in [4.78, 5) is 24.4. The van der Waals surface area contributed by atoms with Crippen molar-refractivity contribution in [2.75, 3.05) is 32.7 Å². The van der Waals surface area contributed by atoms with E-state index in [4.69, 9.17) is 9.47 Å². The zero-order valence-electron chi connectivity index (χ0n) is 14.0. The smallest absolute Gasteiger partial charge is 0.255 e. The molecule has 0 saturated carbocycles. The second-order valence-electron chi connectivity index (χ2n) is 5.13. The van der Waals surface area contributed by atoms with E-state index in [0.717, 1.165) is 0 Å². The van der Waals surface area contributed by atoms with Gasteiger partial charge in [0.05, 0.1) is 18.2 Å². The van der Waals surface area contributed by atoms with Crippen LogP contribution in [-0.2, 0) is 4.74 Å². The predicted molar refractivity (Wildman–Crippen MR) is 99.3 cm³/mol. The van der Waals surface area contributed by atoms with Gasteiger partial charge in [0.1, 0.15) is 5.75 Å². The number of carbonyl (C=O) groups is 2. The molecule has 2 aromatic carbocycles. The summed E-state index contributed by atoms with van der Waals surface area (Å²) in [5, 5.41) is 5.52. The third-order valence-corrected chi connectivity index (χ3v) is 4.01. The van der Waals surface area contributed by atoms with Crippen LogP contribution in [0.15, 0.2) is 46.9 Å². The lowest BCUT2D eigenvalue weighted by Gasteiger charge is -2.09. The Morgan fingerprint density at radius 2 is 1.80 bits per heavy atom. The lowest BCUT2D eigenvalue weighted by Crippen LogP contribution is -2.27. The Bertz CT molecular complexity index is 764. The number of hydrogen-bond acceptors (Lipinski definition) is 4. The Morgan fingerprint density at radius 1 is 1.04 bits per heavy atom. The summed E-state index contributed by atoms with van der Waals surface area (Å²) in [7, 11) is 3.13. The fourth-order valence-corrected chi connectivity index (χ4v) is 2.66. The van der Waals surface area contributed by atoms with Gasteiger partial charge in [-0.2, -0.15) is 0 Å². The molecule has 0 unspecified atom stereocenters. The van der Waals surface area contributed by atoms with E-state index < -0.39 is 0 Å². The van der Waals surface area contributed by atoms with Gasteiger partial charge in [-0.1, -0.05) is 6.07 Å². The lowest BCUT2D eigenvalue weighted by molar-refractivity contribution is 0.0936. The minimum Gasteiger partial charge on any atom is -0.496 e. The van der Waals surface area contributed by atoms with Crippen LogP contribution in [0.2, 0.25) is 0 Å². The Hall–Kier alpha value is -2.38. The van der Waals surface area contributed by atoms with E-state index in [1.54, 1.807) is 56.7 Å². The van der Waals surface area contributed by atoms with E-state index in [2.05, 4.69) is 26.6 Å². The van der Waals surface area contributed by atoms with E-state index >= 15 is 0 Å². The van der Waals surface area contributed by atoms with Crippen LogP contribution < -0.4 is 15.4 Å². The first-order valence-electron chi connectivity index (χ1n) is 7.57. The normalized spacial score (nSPS) is 10.2. The second-order valence-corrected chi connectivity index (χ2v) is 5.99. The van der Waals surface area contributed by atoms with Crippen molar-refractivity contribution in [3.63, 3.8) is 0 Å². The summed E-state index contributed by atoms with van der Waals surface area (Å²) >= 11 is 3.35. The van der Waals surface area contributed by atoms with Crippen LogP contribution in [0.4, 0.5) is 5.69 Å². The number of anilines is 1. The number of benzene rings is 2. The van der Waals surface area contributed by atoms with E-state index in [-0.39, 0.29) is 11.8 Å². The third kappa shape index (κ3) is 5.30. The average molecular weight is 407 g/mol. The highest BCUT2D eigenvalue weighted by Crippen LogP contribution is 2.26. The minimum atomic E-state index is -0.278. The summed E-state index contributed by atoms with van der Waals surface area (Å²) in [5.74, 6) is 0.145. The highest BCUT2D eigenvalue weighted by atomic mass is 79.9. The summed E-state index contributed by atoms with van der Waals surface area (Å²) in [6, 6.07) is 11.8. The standard InChI is InChI=1S/C18H19BrN2O4/c1-24-9-8-20-17(22)12-4-3-5-14(10-12)21-18(23)13-6-7-16(25-2)15(19)11-13/h3-7,10-11H,8-9H2,1-2H3,(H,20,22)(H,21,23). The maximum Gasteiger partial charge on any atom is 0.255 e. The van der Waals surface area contributed by atoms with Gasteiger partial charge in [-0.05, 0) is 52.3 Å². The Kier molecular flexibility index (Phi) is 6.97. The monoisotopic (exact) mass is 406 g/mol. The zero-order chi connectivity index (χ0) is 18.2. The fraction of sp³-hybridized carbons (Fsp3) is 0.222. The Morgan fingerprint density at radius 3 is 2.48 bits per heavy atom. The third-order valence-electron chi connectivity index (χ3n) is 3.39. The summed E-state index contributed by atoms with van der Waals surface area (Å²) in [6.07, 6.45) is 0. The van der Waals surface area contributed by atoms with E-state index in [0.29, 0.717) is 40.2 Å². The van der Waals surface area contributed by atoms with Crippen LogP contribution >= 0.6 is 15.9 Å². The Labute approximate surface area is 154 Å². The molecule has 2 amide bonds. The molecule has 6 nitrogen and oxygen atoms in total. The van der Waals surface area contributed by atoms with Crippen LogP contribution in [0.5, 0.6) is 5.75 Å². The van der Waals surface area contributed by atoms with E-state index in [1.165, 1.54) is 0 Å². The van der Waals surface area contributed by atoms with Gasteiger partial charge in [-0.15, -0.1) is 0 Å². The molecule has 2 N–H and O–H groups in total. The second kappa shape index (κ2) is 9.19. The van der Waals surface area contributed by atoms with Crippen molar-refractivity contribution in [3.8, 4) is 5.75 Å². The van der Waals surface area contributed by atoms with Crippen molar-refractivity contribution in [2.24, 2.45) is 0 Å². The first-order valence-corrected chi connectivity index (χ1v) is 8.36. The number of ether oxygens (including phenoxy) is 2. The van der Waals surface area contributed by atoms with E-state index in [1.807, 2.05) is 0 Å². The topological polar surface area (TPSA) is 76.7 Å². The molecule has 0 fully saturated rings.